The molecule has 3 heterocycles. The number of nitrogens with zero attached hydrogens (tertiary/aromatic N) is 3. The van der Waals surface area contributed by atoms with Gasteiger partial charge in [0.25, 0.3) is 5.91 Å². The highest BCUT2D eigenvalue weighted by Gasteiger charge is 2.31. The van der Waals surface area contributed by atoms with Gasteiger partial charge in [0, 0.05) is 17.5 Å². The standard InChI is InChI=1S/C32H31FN4O5/c33-25-15-22(16-28-31(25)42-13-12-41-28)29(38)26(18-36-10-1-11-36)35-32(40)30(39)20-4-2-19(3-5-20)21-6-9-27-23(14-21)17-34-37(27)24-7-8-24/h2-6,9,14-17,24,26,29,38H,1,7-8,10-13,18H2,(H,35,40)/t26-,29-/m1/s1. The molecule has 9 nitrogen and oxygen atoms in total. The number of rotatable bonds is 9. The zero-order chi connectivity index (χ0) is 28.8. The van der Waals surface area contributed by atoms with E-state index in [2.05, 4.69) is 32.1 Å². The van der Waals surface area contributed by atoms with Gasteiger partial charge in [0.1, 0.15) is 19.3 Å². The van der Waals surface area contributed by atoms with E-state index in [1.165, 1.54) is 12.1 Å². The van der Waals surface area contributed by atoms with Crippen LogP contribution in [0.1, 0.15) is 47.3 Å². The molecule has 1 amide bonds. The molecule has 216 valence electrons. The van der Waals surface area contributed by atoms with Crippen LogP contribution in [0.2, 0.25) is 0 Å². The molecule has 1 saturated heterocycles. The average molecular weight is 571 g/mol. The van der Waals surface area contributed by atoms with Crippen molar-refractivity contribution in [1.29, 1.82) is 0 Å². The molecule has 0 unspecified atom stereocenters. The van der Waals surface area contributed by atoms with Crippen molar-refractivity contribution in [1.82, 2.24) is 20.0 Å². The lowest BCUT2D eigenvalue weighted by Gasteiger charge is -2.36. The van der Waals surface area contributed by atoms with E-state index >= 15 is 0 Å². The molecule has 2 fully saturated rings. The minimum atomic E-state index is -1.27. The van der Waals surface area contributed by atoms with E-state index in [9.17, 15) is 19.1 Å². The summed E-state index contributed by atoms with van der Waals surface area (Å²) < 4.78 is 27.6. The summed E-state index contributed by atoms with van der Waals surface area (Å²) in [5, 5.41) is 19.5. The second-order valence-electron chi connectivity index (χ2n) is 11.2. The molecule has 0 bridgehead atoms. The van der Waals surface area contributed by atoms with Gasteiger partial charge < -0.3 is 24.8 Å². The summed E-state index contributed by atoms with van der Waals surface area (Å²) in [6.07, 6.45) is 3.95. The van der Waals surface area contributed by atoms with Crippen LogP contribution in [0.5, 0.6) is 11.5 Å². The Bertz CT molecular complexity index is 1660. The molecule has 4 aromatic rings. The first-order valence-electron chi connectivity index (χ1n) is 14.4. The third kappa shape index (κ3) is 5.12. The molecule has 1 aliphatic carbocycles. The Morgan fingerprint density at radius 2 is 1.79 bits per heavy atom. The van der Waals surface area contributed by atoms with Gasteiger partial charge in [-0.2, -0.15) is 5.10 Å². The largest absolute Gasteiger partial charge is 0.486 e. The van der Waals surface area contributed by atoms with Crippen LogP contribution in [0.4, 0.5) is 4.39 Å². The van der Waals surface area contributed by atoms with E-state index in [0.29, 0.717) is 12.6 Å². The molecule has 1 aromatic heterocycles. The minimum Gasteiger partial charge on any atom is -0.486 e. The molecule has 0 radical (unpaired) electrons. The fourth-order valence-corrected chi connectivity index (χ4v) is 5.62. The van der Waals surface area contributed by atoms with Crippen LogP contribution in [0.25, 0.3) is 22.0 Å². The van der Waals surface area contributed by atoms with Gasteiger partial charge in [0.15, 0.2) is 17.3 Å². The summed E-state index contributed by atoms with van der Waals surface area (Å²) in [5.74, 6) is -1.98. The number of hydrogen-bond acceptors (Lipinski definition) is 7. The van der Waals surface area contributed by atoms with Crippen LogP contribution in [-0.2, 0) is 4.79 Å². The molecular formula is C32H31FN4O5. The highest BCUT2D eigenvalue weighted by molar-refractivity contribution is 6.42. The van der Waals surface area contributed by atoms with Crippen LogP contribution in [-0.4, -0.2) is 70.4 Å². The molecule has 2 aliphatic heterocycles. The Hall–Kier alpha value is -4.28. The summed E-state index contributed by atoms with van der Waals surface area (Å²) in [5.41, 5.74) is 3.49. The van der Waals surface area contributed by atoms with E-state index in [0.717, 1.165) is 54.4 Å². The van der Waals surface area contributed by atoms with Crippen LogP contribution >= 0.6 is 0 Å². The second-order valence-corrected chi connectivity index (χ2v) is 11.2. The number of carbonyl (C=O) groups excluding carboxylic acids is 2. The monoisotopic (exact) mass is 570 g/mol. The van der Waals surface area contributed by atoms with Gasteiger partial charge in [0.05, 0.1) is 23.8 Å². The van der Waals surface area contributed by atoms with Gasteiger partial charge in [-0.25, -0.2) is 4.39 Å². The number of aromatic nitrogens is 2. The summed E-state index contributed by atoms with van der Waals surface area (Å²) in [4.78, 5) is 28.3. The number of amides is 1. The topological polar surface area (TPSA) is 106 Å². The fraction of sp³-hybridized carbons (Fsp3) is 0.344. The third-order valence-electron chi connectivity index (χ3n) is 8.24. The number of Topliss-reactive ketones (excluding diaryl/α,β-unsaturated/α-hetero) is 1. The molecule has 3 aromatic carbocycles. The molecule has 10 heteroatoms. The van der Waals surface area contributed by atoms with Crippen LogP contribution < -0.4 is 14.8 Å². The van der Waals surface area contributed by atoms with E-state index < -0.39 is 29.7 Å². The second kappa shape index (κ2) is 10.8. The Balaban J connectivity index is 1.07. The summed E-state index contributed by atoms with van der Waals surface area (Å²) in [7, 11) is 0. The van der Waals surface area contributed by atoms with E-state index in [1.807, 2.05) is 24.4 Å². The molecule has 0 spiro atoms. The highest BCUT2D eigenvalue weighted by Crippen LogP contribution is 2.38. The third-order valence-corrected chi connectivity index (χ3v) is 8.24. The van der Waals surface area contributed by atoms with Crippen molar-refractivity contribution in [3.05, 3.63) is 77.7 Å². The van der Waals surface area contributed by atoms with Gasteiger partial charge in [-0.05, 0) is 73.3 Å². The normalized spacial score (nSPS) is 17.9. The molecule has 1 saturated carbocycles. The number of aliphatic hydroxyl groups excluding tert-OH is 1. The van der Waals surface area contributed by atoms with Crippen molar-refractivity contribution < 1.29 is 28.6 Å². The Morgan fingerprint density at radius 3 is 2.52 bits per heavy atom. The first-order chi connectivity index (χ1) is 20.4. The van der Waals surface area contributed by atoms with Crippen LogP contribution in [0, 0.1) is 5.82 Å². The molecule has 42 heavy (non-hydrogen) atoms. The predicted molar refractivity (Wildman–Crippen MR) is 153 cm³/mol. The predicted octanol–water partition coefficient (Wildman–Crippen LogP) is 4.06. The summed E-state index contributed by atoms with van der Waals surface area (Å²) in [6.45, 7) is 2.46. The number of benzene rings is 3. The Morgan fingerprint density at radius 1 is 1.02 bits per heavy atom. The van der Waals surface area contributed by atoms with Crippen molar-refractivity contribution >= 4 is 22.6 Å². The lowest BCUT2D eigenvalue weighted by Crippen LogP contribution is -2.52. The van der Waals surface area contributed by atoms with Crippen molar-refractivity contribution in [3.8, 4) is 22.6 Å². The van der Waals surface area contributed by atoms with E-state index in [-0.39, 0.29) is 35.8 Å². The molecule has 2 N–H and O–H groups in total. The average Bonchev–Trinajstić information content (AvgIpc) is 3.75. The number of carbonyl (C=O) groups is 2. The number of hydrogen-bond donors (Lipinski definition) is 2. The van der Waals surface area contributed by atoms with Crippen molar-refractivity contribution in [2.24, 2.45) is 0 Å². The minimum absolute atomic E-state index is 0.00686. The number of ketones is 1. The first-order valence-corrected chi connectivity index (χ1v) is 14.4. The SMILES string of the molecule is O=C(N[C@H](CN1CCC1)[C@H](O)c1cc(F)c2c(c1)OCCO2)C(=O)c1ccc(-c2ccc3c(cnn3C3CC3)c2)cc1. The first kappa shape index (κ1) is 26.6. The smallest absolute Gasteiger partial charge is 0.292 e. The van der Waals surface area contributed by atoms with Gasteiger partial charge in [-0.15, -0.1) is 0 Å². The van der Waals surface area contributed by atoms with Crippen molar-refractivity contribution in [2.45, 2.75) is 37.5 Å². The van der Waals surface area contributed by atoms with Crippen molar-refractivity contribution in [3.63, 3.8) is 0 Å². The zero-order valence-electron chi connectivity index (χ0n) is 23.0. The molecular weight excluding hydrogens is 539 g/mol. The van der Waals surface area contributed by atoms with Crippen LogP contribution in [0.15, 0.2) is 60.8 Å². The number of halogens is 1. The number of likely N-dealkylation sites (tertiary alicyclic amines) is 1. The maximum Gasteiger partial charge on any atom is 0.292 e. The number of aliphatic hydroxyl groups is 1. The maximum atomic E-state index is 14.7. The van der Waals surface area contributed by atoms with Gasteiger partial charge in [-0.3, -0.25) is 14.3 Å². The molecule has 3 aliphatic rings. The van der Waals surface area contributed by atoms with E-state index in [1.54, 1.807) is 12.1 Å². The van der Waals surface area contributed by atoms with Crippen LogP contribution in [0.3, 0.4) is 0 Å². The maximum absolute atomic E-state index is 14.7. The fourth-order valence-electron chi connectivity index (χ4n) is 5.62. The highest BCUT2D eigenvalue weighted by atomic mass is 19.1. The molecule has 7 rings (SSSR count). The van der Waals surface area contributed by atoms with Gasteiger partial charge in [0.2, 0.25) is 5.78 Å². The number of nitrogens with one attached hydrogen (secondary N) is 1. The number of ether oxygens (including phenoxy) is 2. The van der Waals surface area contributed by atoms with Gasteiger partial charge >= 0.3 is 0 Å². The summed E-state index contributed by atoms with van der Waals surface area (Å²) >= 11 is 0. The Kier molecular flexibility index (Phi) is 6.87. The van der Waals surface area contributed by atoms with E-state index in [4.69, 9.17) is 9.47 Å². The Labute approximate surface area is 241 Å². The van der Waals surface area contributed by atoms with Crippen molar-refractivity contribution in [2.75, 3.05) is 32.8 Å². The molecule has 2 atom stereocenters. The van der Waals surface area contributed by atoms with Gasteiger partial charge in [-0.1, -0.05) is 30.3 Å². The number of fused-ring (bicyclic) bond motifs is 2. The quantitative estimate of drug-likeness (QED) is 0.231. The lowest BCUT2D eigenvalue weighted by atomic mass is 9.98. The zero-order valence-corrected chi connectivity index (χ0v) is 23.0. The lowest BCUT2D eigenvalue weighted by molar-refractivity contribution is -0.118. The summed E-state index contributed by atoms with van der Waals surface area (Å²) in [6, 6.07) is 15.4.